The van der Waals surface area contributed by atoms with Crippen molar-refractivity contribution < 1.29 is 4.79 Å². The number of hydrogen-bond acceptors (Lipinski definition) is 2. The monoisotopic (exact) mass is 415 g/mol. The van der Waals surface area contributed by atoms with E-state index in [1.165, 1.54) is 0 Å². The molecule has 6 heteroatoms. The molecular formula is C15H15ClIN3O. The van der Waals surface area contributed by atoms with E-state index in [9.17, 15) is 4.79 Å². The van der Waals surface area contributed by atoms with Gasteiger partial charge in [0.1, 0.15) is 5.82 Å². The number of aryl methyl sites for hydroxylation is 1. The molecule has 1 heterocycles. The molecule has 0 radical (unpaired) electrons. The average molecular weight is 416 g/mol. The van der Waals surface area contributed by atoms with Gasteiger partial charge in [-0.1, -0.05) is 11.6 Å². The van der Waals surface area contributed by atoms with Crippen molar-refractivity contribution in [2.24, 2.45) is 7.05 Å². The molecular weight excluding hydrogens is 401 g/mol. The minimum atomic E-state index is 0.0267. The largest absolute Gasteiger partial charge is 0.337 e. The second-order valence-electron chi connectivity index (χ2n) is 5.25. The first-order valence-corrected chi connectivity index (χ1v) is 8.24. The van der Waals surface area contributed by atoms with Gasteiger partial charge in [0.25, 0.3) is 5.91 Å². The summed E-state index contributed by atoms with van der Waals surface area (Å²) in [4.78, 5) is 19.0. The fraction of sp³-hybridized carbons (Fsp3) is 0.333. The number of benzene rings is 1. The highest BCUT2D eigenvalue weighted by atomic mass is 127. The first-order chi connectivity index (χ1) is 10.1. The number of halogens is 2. The molecule has 110 valence electrons. The quantitative estimate of drug-likeness (QED) is 0.717. The fourth-order valence-electron chi connectivity index (χ4n) is 2.25. The van der Waals surface area contributed by atoms with Crippen LogP contribution in [-0.4, -0.2) is 26.4 Å². The highest BCUT2D eigenvalue weighted by molar-refractivity contribution is 14.1. The van der Waals surface area contributed by atoms with Gasteiger partial charge >= 0.3 is 0 Å². The maximum atomic E-state index is 12.8. The molecule has 1 aromatic heterocycles. The van der Waals surface area contributed by atoms with E-state index in [0.29, 0.717) is 23.2 Å². The van der Waals surface area contributed by atoms with Gasteiger partial charge in [0.15, 0.2) is 0 Å². The fourth-order valence-corrected chi connectivity index (χ4v) is 2.77. The Morgan fingerprint density at radius 2 is 2.29 bits per heavy atom. The van der Waals surface area contributed by atoms with Crippen LogP contribution < -0.4 is 0 Å². The summed E-state index contributed by atoms with van der Waals surface area (Å²) in [5.41, 5.74) is 0.640. The number of carbonyl (C=O) groups is 1. The van der Waals surface area contributed by atoms with Crippen LogP contribution in [0.4, 0.5) is 0 Å². The third-order valence-electron chi connectivity index (χ3n) is 3.65. The summed E-state index contributed by atoms with van der Waals surface area (Å²) in [5.74, 6) is 0.922. The molecule has 1 aliphatic carbocycles. The molecule has 1 aliphatic rings. The topological polar surface area (TPSA) is 38.1 Å². The van der Waals surface area contributed by atoms with Crippen molar-refractivity contribution in [1.29, 1.82) is 0 Å². The normalized spacial score (nSPS) is 14.2. The van der Waals surface area contributed by atoms with E-state index < -0.39 is 0 Å². The Morgan fingerprint density at radius 1 is 1.52 bits per heavy atom. The van der Waals surface area contributed by atoms with Crippen LogP contribution in [0.2, 0.25) is 5.02 Å². The molecule has 0 aliphatic heterocycles. The van der Waals surface area contributed by atoms with Crippen LogP contribution in [0.3, 0.4) is 0 Å². The number of rotatable bonds is 4. The molecule has 1 amide bonds. The molecule has 3 rings (SSSR count). The van der Waals surface area contributed by atoms with Gasteiger partial charge < -0.3 is 9.47 Å². The maximum Gasteiger partial charge on any atom is 0.254 e. The zero-order valence-electron chi connectivity index (χ0n) is 11.6. The van der Waals surface area contributed by atoms with Crippen LogP contribution in [0.1, 0.15) is 29.0 Å². The van der Waals surface area contributed by atoms with Crippen LogP contribution in [0, 0.1) is 3.57 Å². The summed E-state index contributed by atoms with van der Waals surface area (Å²) in [6.07, 6.45) is 5.78. The summed E-state index contributed by atoms with van der Waals surface area (Å²) in [6.45, 7) is 0.538. The highest BCUT2D eigenvalue weighted by Crippen LogP contribution is 2.30. The van der Waals surface area contributed by atoms with E-state index >= 15 is 0 Å². The molecule has 1 aromatic carbocycles. The van der Waals surface area contributed by atoms with Crippen molar-refractivity contribution in [3.63, 3.8) is 0 Å². The van der Waals surface area contributed by atoms with E-state index in [0.717, 1.165) is 22.2 Å². The van der Waals surface area contributed by atoms with E-state index in [2.05, 4.69) is 27.6 Å². The molecule has 4 nitrogen and oxygen atoms in total. The lowest BCUT2D eigenvalue weighted by molar-refractivity contribution is 0.0724. The summed E-state index contributed by atoms with van der Waals surface area (Å²) in [6, 6.07) is 5.79. The number of hydrogen-bond donors (Lipinski definition) is 0. The lowest BCUT2D eigenvalue weighted by Crippen LogP contribution is -2.33. The van der Waals surface area contributed by atoms with Crippen LogP contribution in [0.25, 0.3) is 0 Å². The van der Waals surface area contributed by atoms with E-state index in [1.807, 2.05) is 34.8 Å². The van der Waals surface area contributed by atoms with Gasteiger partial charge in [-0.15, -0.1) is 0 Å². The van der Waals surface area contributed by atoms with Crippen molar-refractivity contribution in [3.8, 4) is 0 Å². The van der Waals surface area contributed by atoms with Crippen LogP contribution in [0.5, 0.6) is 0 Å². The lowest BCUT2D eigenvalue weighted by Gasteiger charge is -2.22. The standard InChI is InChI=1S/C15H15ClIN3O/c1-19-7-6-18-14(19)9-20(11-3-4-11)15(21)10-2-5-13(17)12(16)8-10/h2,5-8,11H,3-4,9H2,1H3. The summed E-state index contributed by atoms with van der Waals surface area (Å²) in [7, 11) is 1.94. The third kappa shape index (κ3) is 3.23. The van der Waals surface area contributed by atoms with Gasteiger partial charge in [0.05, 0.1) is 11.6 Å². The first-order valence-electron chi connectivity index (χ1n) is 6.78. The summed E-state index contributed by atoms with van der Waals surface area (Å²) >= 11 is 8.29. The molecule has 0 saturated heterocycles. The average Bonchev–Trinajstić information content (AvgIpc) is 3.22. The van der Waals surface area contributed by atoms with Crippen molar-refractivity contribution in [2.75, 3.05) is 0 Å². The zero-order chi connectivity index (χ0) is 15.0. The van der Waals surface area contributed by atoms with Crippen molar-refractivity contribution in [3.05, 3.63) is 50.6 Å². The molecule has 0 N–H and O–H groups in total. The molecule has 0 unspecified atom stereocenters. The van der Waals surface area contributed by atoms with Gasteiger partial charge in [-0.3, -0.25) is 4.79 Å². The molecule has 0 bridgehead atoms. The van der Waals surface area contributed by atoms with Gasteiger partial charge in [0, 0.05) is 34.6 Å². The lowest BCUT2D eigenvalue weighted by atomic mass is 10.2. The second-order valence-corrected chi connectivity index (χ2v) is 6.82. The molecule has 1 saturated carbocycles. The Hall–Kier alpha value is -1.08. The minimum absolute atomic E-state index is 0.0267. The molecule has 0 atom stereocenters. The van der Waals surface area contributed by atoms with E-state index in [-0.39, 0.29) is 5.91 Å². The summed E-state index contributed by atoms with van der Waals surface area (Å²) < 4.78 is 2.90. The van der Waals surface area contributed by atoms with Crippen LogP contribution >= 0.6 is 34.2 Å². The molecule has 2 aromatic rings. The van der Waals surface area contributed by atoms with E-state index in [4.69, 9.17) is 11.6 Å². The smallest absolute Gasteiger partial charge is 0.254 e. The van der Waals surface area contributed by atoms with E-state index in [1.54, 1.807) is 12.3 Å². The SMILES string of the molecule is Cn1ccnc1CN(C(=O)c1ccc(I)c(Cl)c1)C1CC1. The van der Waals surface area contributed by atoms with Gasteiger partial charge in [0.2, 0.25) is 0 Å². The predicted octanol–water partition coefficient (Wildman–Crippen LogP) is 3.48. The number of carbonyl (C=O) groups excluding carboxylic acids is 1. The second kappa shape index (κ2) is 5.96. The van der Waals surface area contributed by atoms with Gasteiger partial charge in [-0.2, -0.15) is 0 Å². The first kappa shape index (κ1) is 14.8. The van der Waals surface area contributed by atoms with Crippen molar-refractivity contribution in [1.82, 2.24) is 14.5 Å². The highest BCUT2D eigenvalue weighted by Gasteiger charge is 2.33. The van der Waals surface area contributed by atoms with Crippen molar-refractivity contribution >= 4 is 40.1 Å². The maximum absolute atomic E-state index is 12.8. The van der Waals surface area contributed by atoms with Crippen LogP contribution in [0.15, 0.2) is 30.6 Å². The predicted molar refractivity (Wildman–Crippen MR) is 90.3 cm³/mol. The van der Waals surface area contributed by atoms with Gasteiger partial charge in [-0.05, 0) is 53.6 Å². The molecule has 0 spiro atoms. The Balaban J connectivity index is 1.85. The van der Waals surface area contributed by atoms with Crippen LogP contribution in [-0.2, 0) is 13.6 Å². The number of amides is 1. The molecule has 21 heavy (non-hydrogen) atoms. The minimum Gasteiger partial charge on any atom is -0.337 e. The number of aromatic nitrogens is 2. The third-order valence-corrected chi connectivity index (χ3v) is 5.22. The zero-order valence-corrected chi connectivity index (χ0v) is 14.5. The summed E-state index contributed by atoms with van der Waals surface area (Å²) in [5, 5.41) is 0.620. The number of imidazole rings is 1. The Kier molecular flexibility index (Phi) is 4.21. The van der Waals surface area contributed by atoms with Crippen molar-refractivity contribution in [2.45, 2.75) is 25.4 Å². The molecule has 1 fully saturated rings. The Labute approximate surface area is 142 Å². The van der Waals surface area contributed by atoms with Gasteiger partial charge in [-0.25, -0.2) is 4.98 Å². The number of nitrogens with zero attached hydrogens (tertiary/aromatic N) is 3. The Bertz CT molecular complexity index is 681. The Morgan fingerprint density at radius 3 is 2.86 bits per heavy atom.